The van der Waals surface area contributed by atoms with Crippen LogP contribution < -0.4 is 4.90 Å². The number of rotatable bonds is 3. The van der Waals surface area contributed by atoms with Crippen LogP contribution in [0, 0.1) is 0 Å². The van der Waals surface area contributed by atoms with Crippen molar-refractivity contribution in [1.82, 2.24) is 19.2 Å². The molecule has 1 aromatic heterocycles. The standard InChI is InChI=1S/C14H20N6O2S/c1-4-23(21,22)20-7-5-19(6-8-20)12-9-15-14-13(17-12)11(2)18(3)10-16-14/h9-10H,2,4-8H2,1,3H3. The van der Waals surface area contributed by atoms with E-state index in [1.165, 1.54) is 4.31 Å². The van der Waals surface area contributed by atoms with E-state index in [0.29, 0.717) is 37.7 Å². The van der Waals surface area contributed by atoms with Crippen LogP contribution in [0.5, 0.6) is 0 Å². The molecule has 124 valence electrons. The van der Waals surface area contributed by atoms with Crippen LogP contribution in [0.15, 0.2) is 17.8 Å². The summed E-state index contributed by atoms with van der Waals surface area (Å²) in [4.78, 5) is 17.0. The Morgan fingerprint density at radius 3 is 2.61 bits per heavy atom. The topological polar surface area (TPSA) is 82.0 Å². The molecule has 0 aromatic carbocycles. The van der Waals surface area contributed by atoms with Gasteiger partial charge in [-0.05, 0) is 6.92 Å². The molecule has 0 amide bonds. The molecule has 0 atom stereocenters. The van der Waals surface area contributed by atoms with Crippen molar-refractivity contribution in [3.63, 3.8) is 0 Å². The largest absolute Gasteiger partial charge is 0.353 e. The molecule has 0 bridgehead atoms. The van der Waals surface area contributed by atoms with Gasteiger partial charge in [0.2, 0.25) is 10.0 Å². The van der Waals surface area contributed by atoms with Crippen LogP contribution >= 0.6 is 0 Å². The van der Waals surface area contributed by atoms with Crippen molar-refractivity contribution >= 4 is 33.7 Å². The Morgan fingerprint density at radius 2 is 1.96 bits per heavy atom. The molecule has 9 heteroatoms. The van der Waals surface area contributed by atoms with Gasteiger partial charge in [0.15, 0.2) is 5.82 Å². The first kappa shape index (κ1) is 15.9. The summed E-state index contributed by atoms with van der Waals surface area (Å²) in [5.41, 5.74) is 1.41. The lowest BCUT2D eigenvalue weighted by Gasteiger charge is -2.34. The normalized spacial score (nSPS) is 19.1. The van der Waals surface area contributed by atoms with Gasteiger partial charge in [-0.2, -0.15) is 4.31 Å². The predicted molar refractivity (Wildman–Crippen MR) is 90.2 cm³/mol. The van der Waals surface area contributed by atoms with Crippen LogP contribution in [-0.2, 0) is 10.0 Å². The number of hydrogen-bond acceptors (Lipinski definition) is 7. The van der Waals surface area contributed by atoms with E-state index in [0.717, 1.165) is 11.5 Å². The number of sulfonamides is 1. The first-order valence-electron chi connectivity index (χ1n) is 7.48. The van der Waals surface area contributed by atoms with Gasteiger partial charge < -0.3 is 9.80 Å². The SMILES string of the molecule is C=C1c2nc(N3CCN(S(=O)(=O)CC)CC3)cnc2N=CN1C. The zero-order valence-electron chi connectivity index (χ0n) is 13.3. The van der Waals surface area contributed by atoms with Crippen LogP contribution in [0.1, 0.15) is 12.6 Å². The molecular weight excluding hydrogens is 316 g/mol. The minimum Gasteiger partial charge on any atom is -0.353 e. The Hall–Kier alpha value is -2.00. The van der Waals surface area contributed by atoms with E-state index in [1.54, 1.807) is 24.4 Å². The smallest absolute Gasteiger partial charge is 0.213 e. The molecule has 0 spiro atoms. The van der Waals surface area contributed by atoms with Gasteiger partial charge in [0.1, 0.15) is 11.5 Å². The van der Waals surface area contributed by atoms with Crippen molar-refractivity contribution in [2.45, 2.75) is 6.92 Å². The fourth-order valence-electron chi connectivity index (χ4n) is 2.57. The Bertz CT molecular complexity index is 753. The fraction of sp³-hybridized carbons (Fsp3) is 0.500. The zero-order valence-corrected chi connectivity index (χ0v) is 14.1. The molecule has 1 aromatic rings. The molecule has 8 nitrogen and oxygen atoms in total. The summed E-state index contributed by atoms with van der Waals surface area (Å²) >= 11 is 0. The van der Waals surface area contributed by atoms with E-state index < -0.39 is 10.0 Å². The lowest BCUT2D eigenvalue weighted by molar-refractivity contribution is 0.384. The molecule has 0 unspecified atom stereocenters. The van der Waals surface area contributed by atoms with Crippen LogP contribution in [0.3, 0.4) is 0 Å². The quantitative estimate of drug-likeness (QED) is 0.800. The predicted octanol–water partition coefficient (Wildman–Crippen LogP) is 0.524. The first-order valence-corrected chi connectivity index (χ1v) is 9.09. The van der Waals surface area contributed by atoms with Gasteiger partial charge in [0.05, 0.1) is 24.0 Å². The highest BCUT2D eigenvalue weighted by atomic mass is 32.2. The summed E-state index contributed by atoms with van der Waals surface area (Å²) in [5.74, 6) is 1.42. The number of nitrogens with zero attached hydrogens (tertiary/aromatic N) is 6. The molecule has 2 aliphatic heterocycles. The molecule has 0 aliphatic carbocycles. The van der Waals surface area contributed by atoms with Crippen molar-refractivity contribution < 1.29 is 8.42 Å². The van der Waals surface area contributed by atoms with Crippen LogP contribution in [0.2, 0.25) is 0 Å². The maximum Gasteiger partial charge on any atom is 0.213 e. The zero-order chi connectivity index (χ0) is 16.6. The number of anilines is 1. The Kier molecular flexibility index (Phi) is 4.07. The van der Waals surface area contributed by atoms with Gasteiger partial charge in [-0.15, -0.1) is 0 Å². The number of aromatic nitrogens is 2. The monoisotopic (exact) mass is 336 g/mol. The summed E-state index contributed by atoms with van der Waals surface area (Å²) in [5, 5.41) is 0. The number of piperazine rings is 1. The summed E-state index contributed by atoms with van der Waals surface area (Å²) in [7, 11) is -1.27. The minimum atomic E-state index is -3.13. The summed E-state index contributed by atoms with van der Waals surface area (Å²) in [6.45, 7) is 7.79. The van der Waals surface area contributed by atoms with E-state index in [1.807, 2.05) is 11.9 Å². The second-order valence-electron chi connectivity index (χ2n) is 5.49. The van der Waals surface area contributed by atoms with Crippen LogP contribution in [0.4, 0.5) is 11.6 Å². The van der Waals surface area contributed by atoms with Crippen molar-refractivity contribution in [2.24, 2.45) is 4.99 Å². The Morgan fingerprint density at radius 1 is 1.26 bits per heavy atom. The molecule has 1 fully saturated rings. The van der Waals surface area contributed by atoms with Crippen LogP contribution in [-0.4, -0.2) is 72.9 Å². The third-order valence-corrected chi connectivity index (χ3v) is 6.00. The highest BCUT2D eigenvalue weighted by molar-refractivity contribution is 7.89. The minimum absolute atomic E-state index is 0.135. The third-order valence-electron chi connectivity index (χ3n) is 4.11. The molecule has 1 saturated heterocycles. The summed E-state index contributed by atoms with van der Waals surface area (Å²) < 4.78 is 25.4. The van der Waals surface area contributed by atoms with Gasteiger partial charge in [0.25, 0.3) is 0 Å². The van der Waals surface area contributed by atoms with Crippen molar-refractivity contribution in [1.29, 1.82) is 0 Å². The Balaban J connectivity index is 1.78. The van der Waals surface area contributed by atoms with Crippen molar-refractivity contribution in [3.05, 3.63) is 18.5 Å². The fourth-order valence-corrected chi connectivity index (χ4v) is 3.65. The average Bonchev–Trinajstić information content (AvgIpc) is 2.58. The second-order valence-corrected chi connectivity index (χ2v) is 7.75. The maximum absolute atomic E-state index is 11.9. The lowest BCUT2D eigenvalue weighted by atomic mass is 10.2. The lowest BCUT2D eigenvalue weighted by Crippen LogP contribution is -2.49. The second kappa shape index (κ2) is 5.89. The van der Waals surface area contributed by atoms with E-state index in [9.17, 15) is 8.42 Å². The molecule has 0 radical (unpaired) electrons. The van der Waals surface area contributed by atoms with Gasteiger partial charge in [-0.1, -0.05) is 6.58 Å². The Labute approximate surface area is 136 Å². The van der Waals surface area contributed by atoms with E-state index in [4.69, 9.17) is 0 Å². The maximum atomic E-state index is 11.9. The van der Waals surface area contributed by atoms with Gasteiger partial charge in [-0.3, -0.25) is 0 Å². The number of fused-ring (bicyclic) bond motifs is 1. The number of aliphatic imine (C=N–C) groups is 1. The molecule has 23 heavy (non-hydrogen) atoms. The highest BCUT2D eigenvalue weighted by Gasteiger charge is 2.27. The molecular formula is C14H20N6O2S. The summed E-state index contributed by atoms with van der Waals surface area (Å²) in [6, 6.07) is 0. The average molecular weight is 336 g/mol. The summed E-state index contributed by atoms with van der Waals surface area (Å²) in [6.07, 6.45) is 3.34. The molecule has 0 saturated carbocycles. The van der Waals surface area contributed by atoms with E-state index >= 15 is 0 Å². The van der Waals surface area contributed by atoms with Gasteiger partial charge >= 0.3 is 0 Å². The van der Waals surface area contributed by atoms with Crippen molar-refractivity contribution in [2.75, 3.05) is 43.9 Å². The molecule has 2 aliphatic rings. The first-order chi connectivity index (χ1) is 10.9. The third kappa shape index (κ3) is 2.93. The van der Waals surface area contributed by atoms with Gasteiger partial charge in [0, 0.05) is 33.2 Å². The van der Waals surface area contributed by atoms with E-state index in [-0.39, 0.29) is 5.75 Å². The van der Waals surface area contributed by atoms with Crippen LogP contribution in [0.25, 0.3) is 5.70 Å². The highest BCUT2D eigenvalue weighted by Crippen LogP contribution is 2.28. The van der Waals surface area contributed by atoms with Crippen molar-refractivity contribution in [3.8, 4) is 0 Å². The molecule has 3 rings (SSSR count). The van der Waals surface area contributed by atoms with Gasteiger partial charge in [-0.25, -0.2) is 23.4 Å². The van der Waals surface area contributed by atoms with E-state index in [2.05, 4.69) is 21.5 Å². The molecule has 0 N–H and O–H groups in total. The molecule has 3 heterocycles. The number of hydrogen-bond donors (Lipinski definition) is 0.